The van der Waals surface area contributed by atoms with Gasteiger partial charge >= 0.3 is 0 Å². The molecule has 110 valence electrons. The van der Waals surface area contributed by atoms with Crippen LogP contribution in [-0.2, 0) is 22.0 Å². The predicted molar refractivity (Wildman–Crippen MR) is 87.2 cm³/mol. The van der Waals surface area contributed by atoms with Crippen LogP contribution in [0.3, 0.4) is 0 Å². The number of amides is 1. The first kappa shape index (κ1) is 15.7. The number of halogens is 1. The average molecular weight is 322 g/mol. The minimum atomic E-state index is -1.08. The maximum atomic E-state index is 12.2. The van der Waals surface area contributed by atoms with Crippen molar-refractivity contribution in [1.82, 2.24) is 0 Å². The van der Waals surface area contributed by atoms with Gasteiger partial charge in [-0.1, -0.05) is 29.8 Å². The van der Waals surface area contributed by atoms with E-state index in [2.05, 4.69) is 5.32 Å². The zero-order valence-corrected chi connectivity index (χ0v) is 13.2. The molecule has 21 heavy (non-hydrogen) atoms. The molecule has 0 saturated carbocycles. The molecule has 0 bridgehead atoms. The topological polar surface area (TPSA) is 46.2 Å². The summed E-state index contributed by atoms with van der Waals surface area (Å²) in [5.41, 5.74) is 1.71. The number of nitrogens with one attached hydrogen (secondary N) is 1. The van der Waals surface area contributed by atoms with Crippen LogP contribution in [-0.4, -0.2) is 15.9 Å². The SMILES string of the molecule is CC(=O)Nc1ccc([S@](=O)CCc2ccccc2Cl)cc1. The first-order valence-electron chi connectivity index (χ1n) is 6.55. The van der Waals surface area contributed by atoms with Crippen LogP contribution in [0, 0.1) is 0 Å². The van der Waals surface area contributed by atoms with Gasteiger partial charge in [-0.3, -0.25) is 9.00 Å². The van der Waals surface area contributed by atoms with E-state index >= 15 is 0 Å². The maximum absolute atomic E-state index is 12.2. The van der Waals surface area contributed by atoms with E-state index in [1.54, 1.807) is 24.3 Å². The van der Waals surface area contributed by atoms with Crippen molar-refractivity contribution in [3.8, 4) is 0 Å². The summed E-state index contributed by atoms with van der Waals surface area (Å²) in [4.78, 5) is 11.7. The van der Waals surface area contributed by atoms with Gasteiger partial charge in [-0.15, -0.1) is 0 Å². The van der Waals surface area contributed by atoms with Crippen molar-refractivity contribution in [2.24, 2.45) is 0 Å². The highest BCUT2D eigenvalue weighted by Gasteiger charge is 2.06. The molecule has 0 aliphatic carbocycles. The van der Waals surface area contributed by atoms with Gasteiger partial charge in [0.25, 0.3) is 0 Å². The highest BCUT2D eigenvalue weighted by molar-refractivity contribution is 7.85. The average Bonchev–Trinajstić information content (AvgIpc) is 2.46. The summed E-state index contributed by atoms with van der Waals surface area (Å²) < 4.78 is 12.2. The Hall–Kier alpha value is -1.65. The third-order valence-corrected chi connectivity index (χ3v) is 4.69. The second kappa shape index (κ2) is 7.38. The van der Waals surface area contributed by atoms with Crippen molar-refractivity contribution in [2.45, 2.75) is 18.2 Å². The fourth-order valence-electron chi connectivity index (χ4n) is 1.91. The van der Waals surface area contributed by atoms with Crippen molar-refractivity contribution in [3.63, 3.8) is 0 Å². The lowest BCUT2D eigenvalue weighted by Gasteiger charge is -2.06. The molecule has 2 aromatic rings. The fourth-order valence-corrected chi connectivity index (χ4v) is 3.23. The number of hydrogen-bond acceptors (Lipinski definition) is 2. The lowest BCUT2D eigenvalue weighted by Crippen LogP contribution is -2.06. The molecule has 1 N–H and O–H groups in total. The minimum absolute atomic E-state index is 0.123. The summed E-state index contributed by atoms with van der Waals surface area (Å²) in [5.74, 6) is 0.394. The Morgan fingerprint density at radius 2 is 1.81 bits per heavy atom. The van der Waals surface area contributed by atoms with Crippen LogP contribution in [0.2, 0.25) is 5.02 Å². The van der Waals surface area contributed by atoms with E-state index in [1.165, 1.54) is 6.92 Å². The van der Waals surface area contributed by atoms with E-state index in [0.29, 0.717) is 22.9 Å². The lowest BCUT2D eigenvalue weighted by atomic mass is 10.2. The monoisotopic (exact) mass is 321 g/mol. The molecular weight excluding hydrogens is 306 g/mol. The molecule has 0 unspecified atom stereocenters. The molecule has 0 radical (unpaired) electrons. The number of benzene rings is 2. The quantitative estimate of drug-likeness (QED) is 0.913. The van der Waals surface area contributed by atoms with Crippen LogP contribution in [0.25, 0.3) is 0 Å². The summed E-state index contributed by atoms with van der Waals surface area (Å²) in [6.07, 6.45) is 0.666. The molecule has 0 aliphatic heterocycles. The van der Waals surface area contributed by atoms with Gasteiger partial charge in [0.05, 0.1) is 10.8 Å². The van der Waals surface area contributed by atoms with Gasteiger partial charge in [-0.25, -0.2) is 0 Å². The minimum Gasteiger partial charge on any atom is -0.326 e. The molecule has 1 amide bonds. The van der Waals surface area contributed by atoms with Crippen molar-refractivity contribution in [2.75, 3.05) is 11.1 Å². The van der Waals surface area contributed by atoms with E-state index in [1.807, 2.05) is 24.3 Å². The van der Waals surface area contributed by atoms with Crippen molar-refractivity contribution in [1.29, 1.82) is 0 Å². The largest absolute Gasteiger partial charge is 0.326 e. The third kappa shape index (κ3) is 4.69. The standard InChI is InChI=1S/C16H16ClNO2S/c1-12(19)18-14-6-8-15(9-7-14)21(20)11-10-13-4-2-3-5-16(13)17/h2-9H,10-11H2,1H3,(H,18,19)/t21-/m1/s1. The zero-order valence-electron chi connectivity index (χ0n) is 11.6. The van der Waals surface area contributed by atoms with E-state index in [-0.39, 0.29) is 5.91 Å². The second-order valence-electron chi connectivity index (χ2n) is 4.60. The smallest absolute Gasteiger partial charge is 0.221 e. The Bertz CT molecular complexity index is 656. The Morgan fingerprint density at radius 3 is 2.43 bits per heavy atom. The first-order chi connectivity index (χ1) is 10.1. The van der Waals surface area contributed by atoms with E-state index < -0.39 is 10.8 Å². The van der Waals surface area contributed by atoms with Gasteiger partial charge < -0.3 is 5.32 Å². The van der Waals surface area contributed by atoms with Crippen LogP contribution in [0.4, 0.5) is 5.69 Å². The number of hydrogen-bond donors (Lipinski definition) is 1. The van der Waals surface area contributed by atoms with Crippen LogP contribution in [0.1, 0.15) is 12.5 Å². The molecule has 0 aliphatic rings. The number of rotatable bonds is 5. The van der Waals surface area contributed by atoms with E-state index in [4.69, 9.17) is 11.6 Å². The normalized spacial score (nSPS) is 11.9. The first-order valence-corrected chi connectivity index (χ1v) is 8.25. The summed E-state index contributed by atoms with van der Waals surface area (Å²) in [5, 5.41) is 3.39. The van der Waals surface area contributed by atoms with E-state index in [0.717, 1.165) is 10.5 Å². The van der Waals surface area contributed by atoms with Gasteiger partial charge in [0.15, 0.2) is 0 Å². The van der Waals surface area contributed by atoms with Crippen molar-refractivity contribution in [3.05, 3.63) is 59.1 Å². The summed E-state index contributed by atoms with van der Waals surface area (Å²) in [7, 11) is -1.08. The Kier molecular flexibility index (Phi) is 5.53. The molecule has 0 heterocycles. The Labute approximate surface area is 131 Å². The fraction of sp³-hybridized carbons (Fsp3) is 0.188. The molecule has 2 rings (SSSR count). The molecule has 5 heteroatoms. The van der Waals surface area contributed by atoms with Crippen LogP contribution in [0.5, 0.6) is 0 Å². The number of aryl methyl sites for hydroxylation is 1. The zero-order chi connectivity index (χ0) is 15.2. The van der Waals surface area contributed by atoms with Crippen molar-refractivity contribution < 1.29 is 9.00 Å². The van der Waals surface area contributed by atoms with Gasteiger partial charge in [0, 0.05) is 28.3 Å². The van der Waals surface area contributed by atoms with Crippen LogP contribution in [0.15, 0.2) is 53.4 Å². The van der Waals surface area contributed by atoms with Gasteiger partial charge in [0.1, 0.15) is 0 Å². The van der Waals surface area contributed by atoms with E-state index in [9.17, 15) is 9.00 Å². The maximum Gasteiger partial charge on any atom is 0.221 e. The molecule has 3 nitrogen and oxygen atoms in total. The molecule has 0 spiro atoms. The highest BCUT2D eigenvalue weighted by Crippen LogP contribution is 2.18. The molecule has 0 fully saturated rings. The van der Waals surface area contributed by atoms with Crippen LogP contribution < -0.4 is 5.32 Å². The number of carbonyl (C=O) groups excluding carboxylic acids is 1. The molecule has 2 aromatic carbocycles. The van der Waals surface area contributed by atoms with Gasteiger partial charge in [0.2, 0.25) is 5.91 Å². The predicted octanol–water partition coefficient (Wildman–Crippen LogP) is 3.65. The molecule has 1 atom stereocenters. The second-order valence-corrected chi connectivity index (χ2v) is 6.57. The molecular formula is C16H16ClNO2S. The summed E-state index contributed by atoms with van der Waals surface area (Å²) in [6, 6.07) is 14.6. The number of carbonyl (C=O) groups is 1. The van der Waals surface area contributed by atoms with Gasteiger partial charge in [-0.05, 0) is 42.3 Å². The molecule has 0 saturated heterocycles. The van der Waals surface area contributed by atoms with Gasteiger partial charge in [-0.2, -0.15) is 0 Å². The Morgan fingerprint density at radius 1 is 1.14 bits per heavy atom. The summed E-state index contributed by atoms with van der Waals surface area (Å²) in [6.45, 7) is 1.45. The molecule has 0 aromatic heterocycles. The third-order valence-electron chi connectivity index (χ3n) is 2.95. The van der Waals surface area contributed by atoms with Crippen molar-refractivity contribution >= 4 is 34.0 Å². The Balaban J connectivity index is 1.97. The van der Waals surface area contributed by atoms with Crippen LogP contribution >= 0.6 is 11.6 Å². The number of anilines is 1. The highest BCUT2D eigenvalue weighted by atomic mass is 35.5. The lowest BCUT2D eigenvalue weighted by molar-refractivity contribution is -0.114. The summed E-state index contributed by atoms with van der Waals surface area (Å²) >= 11 is 6.08.